The van der Waals surface area contributed by atoms with Crippen LogP contribution in [0, 0.1) is 26.7 Å². The largest absolute Gasteiger partial charge is 0.507 e. The van der Waals surface area contributed by atoms with E-state index in [4.69, 9.17) is 4.74 Å². The Morgan fingerprint density at radius 3 is 2.12 bits per heavy atom. The van der Waals surface area contributed by atoms with Gasteiger partial charge in [-0.3, -0.25) is 0 Å². The lowest BCUT2D eigenvalue weighted by atomic mass is 9.96. The van der Waals surface area contributed by atoms with Crippen LogP contribution in [0.5, 0.6) is 11.5 Å². The fourth-order valence-corrected chi connectivity index (χ4v) is 2.04. The van der Waals surface area contributed by atoms with E-state index in [1.807, 2.05) is 20.8 Å². The number of benzene rings is 1. The Labute approximate surface area is 105 Å². The van der Waals surface area contributed by atoms with Crippen LogP contribution >= 0.6 is 0 Å². The smallest absolute Gasteiger partial charge is 0.126 e. The summed E-state index contributed by atoms with van der Waals surface area (Å²) in [6, 6.07) is 0. The average Bonchev–Trinajstić information content (AvgIpc) is 2.29. The molecule has 0 saturated heterocycles. The molecule has 0 saturated carbocycles. The van der Waals surface area contributed by atoms with Gasteiger partial charge in [-0.2, -0.15) is 0 Å². The van der Waals surface area contributed by atoms with Gasteiger partial charge in [0.05, 0.1) is 6.61 Å². The lowest BCUT2D eigenvalue weighted by molar-refractivity contribution is 0.266. The van der Waals surface area contributed by atoms with Gasteiger partial charge in [0, 0.05) is 5.56 Å². The second-order valence-corrected chi connectivity index (χ2v) is 5.09. The van der Waals surface area contributed by atoms with Crippen LogP contribution in [0.1, 0.15) is 43.0 Å². The molecule has 1 N–H and O–H groups in total. The third-order valence-electron chi connectivity index (χ3n) is 3.25. The first-order valence-electron chi connectivity index (χ1n) is 6.34. The quantitative estimate of drug-likeness (QED) is 0.858. The van der Waals surface area contributed by atoms with E-state index in [9.17, 15) is 5.11 Å². The van der Waals surface area contributed by atoms with Crippen molar-refractivity contribution >= 4 is 0 Å². The third-order valence-corrected chi connectivity index (χ3v) is 3.25. The monoisotopic (exact) mass is 236 g/mol. The van der Waals surface area contributed by atoms with Crippen LogP contribution in [-0.4, -0.2) is 11.7 Å². The summed E-state index contributed by atoms with van der Waals surface area (Å²) < 4.78 is 5.93. The zero-order valence-corrected chi connectivity index (χ0v) is 11.8. The molecule has 2 nitrogen and oxygen atoms in total. The van der Waals surface area contributed by atoms with E-state index in [0.29, 0.717) is 11.7 Å². The summed E-state index contributed by atoms with van der Waals surface area (Å²) >= 11 is 0. The molecule has 96 valence electrons. The van der Waals surface area contributed by atoms with Gasteiger partial charge >= 0.3 is 0 Å². The summed E-state index contributed by atoms with van der Waals surface area (Å²) in [4.78, 5) is 0. The summed E-state index contributed by atoms with van der Waals surface area (Å²) in [5.41, 5.74) is 4.07. The molecule has 0 bridgehead atoms. The number of phenolic OH excluding ortho intramolecular Hbond substituents is 1. The topological polar surface area (TPSA) is 29.5 Å². The average molecular weight is 236 g/mol. The van der Waals surface area contributed by atoms with Crippen LogP contribution < -0.4 is 4.74 Å². The lowest BCUT2D eigenvalue weighted by Crippen LogP contribution is -2.09. The Balaban J connectivity index is 3.26. The van der Waals surface area contributed by atoms with E-state index >= 15 is 0 Å². The fraction of sp³-hybridized carbons (Fsp3) is 0.600. The summed E-state index contributed by atoms with van der Waals surface area (Å²) in [7, 11) is 0. The second-order valence-electron chi connectivity index (χ2n) is 5.09. The molecule has 2 heteroatoms. The van der Waals surface area contributed by atoms with Crippen LogP contribution in [0.2, 0.25) is 0 Å². The maximum absolute atomic E-state index is 10.0. The van der Waals surface area contributed by atoms with Crippen molar-refractivity contribution in [3.8, 4) is 11.5 Å². The highest BCUT2D eigenvalue weighted by atomic mass is 16.5. The van der Waals surface area contributed by atoms with Gasteiger partial charge in [-0.25, -0.2) is 0 Å². The minimum absolute atomic E-state index is 0.413. The van der Waals surface area contributed by atoms with Gasteiger partial charge < -0.3 is 9.84 Å². The molecule has 0 atom stereocenters. The van der Waals surface area contributed by atoms with Crippen LogP contribution in [0.25, 0.3) is 0 Å². The van der Waals surface area contributed by atoms with Gasteiger partial charge in [-0.15, -0.1) is 0 Å². The molecule has 1 aromatic rings. The van der Waals surface area contributed by atoms with Gasteiger partial charge in [0.2, 0.25) is 0 Å². The van der Waals surface area contributed by atoms with Gasteiger partial charge in [-0.1, -0.05) is 20.8 Å². The third kappa shape index (κ3) is 2.74. The van der Waals surface area contributed by atoms with Gasteiger partial charge in [0.15, 0.2) is 0 Å². The summed E-state index contributed by atoms with van der Waals surface area (Å²) in [6.07, 6.45) is 0.883. The Hall–Kier alpha value is -1.18. The highest BCUT2D eigenvalue weighted by Gasteiger charge is 2.17. The zero-order chi connectivity index (χ0) is 13.2. The van der Waals surface area contributed by atoms with Crippen LogP contribution in [-0.2, 0) is 6.42 Å². The number of rotatable bonds is 4. The SMILES string of the molecule is CCc1c(C)c(O)c(C)c(C)c1OCC(C)C. The minimum atomic E-state index is 0.413. The van der Waals surface area contributed by atoms with E-state index in [1.165, 1.54) is 0 Å². The first-order chi connectivity index (χ1) is 7.90. The summed E-state index contributed by atoms with van der Waals surface area (Å²) in [5.74, 6) is 1.89. The fourth-order valence-electron chi connectivity index (χ4n) is 2.04. The Kier molecular flexibility index (Phi) is 4.44. The van der Waals surface area contributed by atoms with Crippen LogP contribution in [0.4, 0.5) is 0 Å². The summed E-state index contributed by atoms with van der Waals surface area (Å²) in [6.45, 7) is 13.0. The number of hydrogen-bond donors (Lipinski definition) is 1. The van der Waals surface area contributed by atoms with Crippen LogP contribution in [0.3, 0.4) is 0 Å². The molecular formula is C15H24O2. The number of aromatic hydroxyl groups is 1. The van der Waals surface area contributed by atoms with Crippen LogP contribution in [0.15, 0.2) is 0 Å². The molecular weight excluding hydrogens is 212 g/mol. The Morgan fingerprint density at radius 1 is 1.06 bits per heavy atom. The minimum Gasteiger partial charge on any atom is -0.507 e. The highest BCUT2D eigenvalue weighted by Crippen LogP contribution is 2.37. The van der Waals surface area contributed by atoms with Crippen molar-refractivity contribution in [2.75, 3.05) is 6.61 Å². The maximum atomic E-state index is 10.0. The molecule has 0 fully saturated rings. The van der Waals surface area contributed by atoms with E-state index in [2.05, 4.69) is 20.8 Å². The standard InChI is InChI=1S/C15H24O2/c1-7-13-12(6)14(16)10(4)11(5)15(13)17-8-9(2)3/h9,16H,7-8H2,1-6H3. The van der Waals surface area contributed by atoms with Crippen molar-refractivity contribution in [1.82, 2.24) is 0 Å². The number of phenols is 1. The van der Waals surface area contributed by atoms with Crippen molar-refractivity contribution in [1.29, 1.82) is 0 Å². The molecule has 1 aromatic carbocycles. The lowest BCUT2D eigenvalue weighted by Gasteiger charge is -2.20. The van der Waals surface area contributed by atoms with E-state index in [1.54, 1.807) is 0 Å². The van der Waals surface area contributed by atoms with Crippen molar-refractivity contribution in [2.24, 2.45) is 5.92 Å². The molecule has 0 aliphatic heterocycles. The normalized spacial score (nSPS) is 11.0. The molecule has 0 aromatic heterocycles. The van der Waals surface area contributed by atoms with E-state index in [-0.39, 0.29) is 0 Å². The first kappa shape index (κ1) is 13.9. The van der Waals surface area contributed by atoms with Gasteiger partial charge in [0.25, 0.3) is 0 Å². The van der Waals surface area contributed by atoms with Crippen molar-refractivity contribution in [3.63, 3.8) is 0 Å². The molecule has 0 spiro atoms. The molecule has 0 aliphatic rings. The van der Waals surface area contributed by atoms with Gasteiger partial charge in [0.1, 0.15) is 11.5 Å². The first-order valence-corrected chi connectivity index (χ1v) is 6.34. The Bertz CT molecular complexity index is 406. The Morgan fingerprint density at radius 2 is 1.65 bits per heavy atom. The van der Waals surface area contributed by atoms with Gasteiger partial charge in [-0.05, 0) is 49.8 Å². The number of ether oxygens (including phenoxy) is 1. The van der Waals surface area contributed by atoms with E-state index in [0.717, 1.165) is 41.0 Å². The molecule has 17 heavy (non-hydrogen) atoms. The molecule has 0 unspecified atom stereocenters. The zero-order valence-electron chi connectivity index (χ0n) is 11.8. The molecule has 0 heterocycles. The second kappa shape index (κ2) is 5.44. The summed E-state index contributed by atoms with van der Waals surface area (Å²) in [5, 5.41) is 10.0. The predicted octanol–water partition coefficient (Wildman–Crippen LogP) is 3.91. The van der Waals surface area contributed by atoms with Crippen molar-refractivity contribution in [3.05, 3.63) is 22.3 Å². The molecule has 0 amide bonds. The maximum Gasteiger partial charge on any atom is 0.126 e. The molecule has 1 rings (SSSR count). The van der Waals surface area contributed by atoms with Crippen molar-refractivity contribution in [2.45, 2.75) is 48.0 Å². The molecule has 0 radical (unpaired) electrons. The van der Waals surface area contributed by atoms with Crippen molar-refractivity contribution < 1.29 is 9.84 Å². The molecule has 0 aliphatic carbocycles. The predicted molar refractivity (Wildman–Crippen MR) is 72.0 cm³/mol. The highest BCUT2D eigenvalue weighted by molar-refractivity contribution is 5.57. The van der Waals surface area contributed by atoms with E-state index < -0.39 is 0 Å². The number of hydrogen-bond acceptors (Lipinski definition) is 2.